The van der Waals surface area contributed by atoms with Crippen molar-refractivity contribution in [2.45, 2.75) is 63.5 Å². The van der Waals surface area contributed by atoms with Crippen LogP contribution < -0.4 is 5.32 Å². The molecule has 3 heterocycles. The summed E-state index contributed by atoms with van der Waals surface area (Å²) in [6, 6.07) is 26.1. The summed E-state index contributed by atoms with van der Waals surface area (Å²) in [5.41, 5.74) is 4.61. The van der Waals surface area contributed by atoms with Gasteiger partial charge in [-0.2, -0.15) is 5.26 Å². The van der Waals surface area contributed by atoms with E-state index in [4.69, 9.17) is 4.42 Å². The van der Waals surface area contributed by atoms with Crippen LogP contribution in [0.4, 0.5) is 0 Å². The predicted molar refractivity (Wildman–Crippen MR) is 158 cm³/mol. The van der Waals surface area contributed by atoms with Crippen LogP contribution >= 0.6 is 0 Å². The number of benzene rings is 3. The molecule has 2 fully saturated rings. The number of nitrogens with one attached hydrogen (secondary N) is 1. The summed E-state index contributed by atoms with van der Waals surface area (Å²) >= 11 is 0. The van der Waals surface area contributed by atoms with E-state index in [2.05, 4.69) is 52.8 Å². The quantitative estimate of drug-likeness (QED) is 0.272. The molecule has 7 heteroatoms. The summed E-state index contributed by atoms with van der Waals surface area (Å²) in [6.45, 7) is 3.81. The van der Waals surface area contributed by atoms with Crippen LogP contribution in [-0.2, 0) is 0 Å². The number of carbonyl (C=O) groups is 1. The highest BCUT2D eigenvalue weighted by Gasteiger charge is 2.33. The number of nitrogens with zero attached hydrogens (tertiary/aromatic N) is 4. The van der Waals surface area contributed by atoms with Crippen molar-refractivity contribution >= 4 is 5.91 Å². The summed E-state index contributed by atoms with van der Waals surface area (Å²) in [6.07, 6.45) is 6.21. The monoisotopic (exact) mass is 545 g/mol. The molecule has 3 unspecified atom stereocenters. The van der Waals surface area contributed by atoms with Gasteiger partial charge in [0.25, 0.3) is 5.91 Å². The van der Waals surface area contributed by atoms with E-state index in [9.17, 15) is 10.1 Å². The summed E-state index contributed by atoms with van der Waals surface area (Å²) in [4.78, 5) is 15.9. The molecule has 7 nitrogen and oxygen atoms in total. The van der Waals surface area contributed by atoms with Crippen LogP contribution in [0.1, 0.15) is 84.8 Å². The third kappa shape index (κ3) is 5.53. The molecule has 4 aromatic rings. The van der Waals surface area contributed by atoms with Crippen LogP contribution in [0.2, 0.25) is 0 Å². The van der Waals surface area contributed by atoms with Crippen LogP contribution in [-0.4, -0.2) is 40.1 Å². The number of rotatable bonds is 7. The first-order valence-corrected chi connectivity index (χ1v) is 14.7. The molecular weight excluding hydrogens is 510 g/mol. The first kappa shape index (κ1) is 26.9. The normalized spacial score (nSPS) is 20.6. The Balaban J connectivity index is 1.39. The van der Waals surface area contributed by atoms with Crippen molar-refractivity contribution < 1.29 is 9.21 Å². The van der Waals surface area contributed by atoms with E-state index in [1.54, 1.807) is 6.07 Å². The summed E-state index contributed by atoms with van der Waals surface area (Å²) < 4.78 is 6.35. The number of aromatic nitrogens is 2. The van der Waals surface area contributed by atoms with Gasteiger partial charge in [0.1, 0.15) is 0 Å². The van der Waals surface area contributed by atoms with E-state index in [1.807, 2.05) is 47.4 Å². The van der Waals surface area contributed by atoms with E-state index >= 15 is 0 Å². The van der Waals surface area contributed by atoms with Crippen molar-refractivity contribution in [1.29, 1.82) is 5.26 Å². The maximum Gasteiger partial charge on any atom is 0.254 e. The lowest BCUT2D eigenvalue weighted by Gasteiger charge is -2.30. The zero-order valence-corrected chi connectivity index (χ0v) is 23.4. The molecule has 3 atom stereocenters. The lowest BCUT2D eigenvalue weighted by atomic mass is 9.85. The number of hydrogen-bond acceptors (Lipinski definition) is 6. The van der Waals surface area contributed by atoms with Crippen LogP contribution in [0.25, 0.3) is 22.6 Å². The Bertz CT molecular complexity index is 1560. The van der Waals surface area contributed by atoms with E-state index in [0.717, 1.165) is 62.7 Å². The van der Waals surface area contributed by atoms with Gasteiger partial charge in [-0.1, -0.05) is 61.9 Å². The first-order chi connectivity index (χ1) is 20.2. The molecule has 1 N–H and O–H groups in total. The van der Waals surface area contributed by atoms with Crippen LogP contribution in [0.3, 0.4) is 0 Å². The Labute approximate surface area is 241 Å². The maximum absolute atomic E-state index is 13.9. The van der Waals surface area contributed by atoms with Gasteiger partial charge in [0.15, 0.2) is 0 Å². The molecule has 208 valence electrons. The Morgan fingerprint density at radius 1 is 1.02 bits per heavy atom. The molecule has 2 aliphatic rings. The van der Waals surface area contributed by atoms with Gasteiger partial charge in [-0.15, -0.1) is 10.2 Å². The van der Waals surface area contributed by atoms with Gasteiger partial charge >= 0.3 is 0 Å². The zero-order chi connectivity index (χ0) is 28.2. The minimum Gasteiger partial charge on any atom is -0.419 e. The van der Waals surface area contributed by atoms with E-state index in [-0.39, 0.29) is 23.9 Å². The second kappa shape index (κ2) is 12.1. The van der Waals surface area contributed by atoms with Gasteiger partial charge in [-0.3, -0.25) is 4.79 Å². The van der Waals surface area contributed by atoms with Crippen molar-refractivity contribution in [1.82, 2.24) is 20.4 Å². The van der Waals surface area contributed by atoms with E-state index in [1.165, 1.54) is 5.56 Å². The number of nitriles is 1. The fourth-order valence-corrected chi connectivity index (χ4v) is 6.45. The van der Waals surface area contributed by atoms with Crippen LogP contribution in [0.5, 0.6) is 0 Å². The lowest BCUT2D eigenvalue weighted by molar-refractivity contribution is 0.0730. The maximum atomic E-state index is 13.9. The third-order valence-electron chi connectivity index (χ3n) is 8.44. The fraction of sp³-hybridized carbons (Fsp3) is 0.353. The Morgan fingerprint density at radius 2 is 1.83 bits per heavy atom. The van der Waals surface area contributed by atoms with Gasteiger partial charge in [-0.25, -0.2) is 0 Å². The largest absolute Gasteiger partial charge is 0.419 e. The highest BCUT2D eigenvalue weighted by atomic mass is 16.4. The second-order valence-electron chi connectivity index (χ2n) is 11.1. The minimum absolute atomic E-state index is 0.0105. The first-order valence-electron chi connectivity index (χ1n) is 14.7. The van der Waals surface area contributed by atoms with Gasteiger partial charge < -0.3 is 14.6 Å². The molecule has 6 rings (SSSR count). The fourth-order valence-electron chi connectivity index (χ4n) is 6.45. The molecule has 41 heavy (non-hydrogen) atoms. The van der Waals surface area contributed by atoms with Gasteiger partial charge in [0.2, 0.25) is 11.8 Å². The van der Waals surface area contributed by atoms with Gasteiger partial charge in [-0.05, 0) is 79.6 Å². The summed E-state index contributed by atoms with van der Waals surface area (Å²) in [5.74, 6) is 1.16. The Kier molecular flexibility index (Phi) is 7.93. The van der Waals surface area contributed by atoms with Crippen molar-refractivity contribution in [2.75, 3.05) is 13.1 Å². The molecule has 1 aromatic heterocycles. The molecule has 0 aliphatic carbocycles. The molecule has 0 saturated carbocycles. The molecule has 1 amide bonds. The molecule has 0 bridgehead atoms. The van der Waals surface area contributed by atoms with E-state index < -0.39 is 0 Å². The van der Waals surface area contributed by atoms with Crippen LogP contribution in [0.15, 0.2) is 77.2 Å². The average molecular weight is 546 g/mol. The number of amides is 1. The number of carbonyl (C=O) groups excluding carboxylic acids is 1. The summed E-state index contributed by atoms with van der Waals surface area (Å²) in [5, 5.41) is 22.3. The molecular formula is C34H35N5O2. The molecule has 0 radical (unpaired) electrons. The number of hydrogen-bond donors (Lipinski definition) is 1. The topological polar surface area (TPSA) is 95.1 Å². The lowest BCUT2D eigenvalue weighted by Crippen LogP contribution is -2.35. The molecule has 3 aromatic carbocycles. The van der Waals surface area contributed by atoms with Crippen molar-refractivity contribution in [3.8, 4) is 28.7 Å². The second-order valence-corrected chi connectivity index (χ2v) is 11.1. The van der Waals surface area contributed by atoms with Gasteiger partial charge in [0, 0.05) is 29.6 Å². The molecule has 2 aliphatic heterocycles. The van der Waals surface area contributed by atoms with Gasteiger partial charge in [0.05, 0.1) is 17.7 Å². The Hall–Kier alpha value is -4.28. The standard InChI is InChI=1S/C34H35N5O2/c1-2-10-28-14-9-18-39(28)34(40)27-20-25(29-15-7-6-13-24(29)22-35)19-26(21-27)32-37-38-33(41-32)31-30(16-8-17-36-31)23-11-4-3-5-12-23/h3-7,11-13,15,19-21,28,30-31,36H,2,8-10,14,16-18H2,1H3. The number of likely N-dealkylation sites (tertiary alicyclic amines) is 1. The highest BCUT2D eigenvalue weighted by molar-refractivity contribution is 5.97. The smallest absolute Gasteiger partial charge is 0.254 e. The minimum atomic E-state index is -0.0876. The van der Waals surface area contributed by atoms with Crippen molar-refractivity contribution in [2.24, 2.45) is 0 Å². The summed E-state index contributed by atoms with van der Waals surface area (Å²) in [7, 11) is 0. The Morgan fingerprint density at radius 3 is 2.66 bits per heavy atom. The van der Waals surface area contributed by atoms with Crippen molar-refractivity contribution in [3.05, 3.63) is 95.4 Å². The average Bonchev–Trinajstić information content (AvgIpc) is 3.72. The predicted octanol–water partition coefficient (Wildman–Crippen LogP) is 6.89. The third-order valence-corrected chi connectivity index (χ3v) is 8.44. The zero-order valence-electron chi connectivity index (χ0n) is 23.4. The SMILES string of the molecule is CCCC1CCCN1C(=O)c1cc(-c2nnc(C3NCCCC3c3ccccc3)o2)cc(-c2ccccc2C#N)c1. The van der Waals surface area contributed by atoms with Crippen molar-refractivity contribution in [3.63, 3.8) is 0 Å². The number of piperidine rings is 1. The highest BCUT2D eigenvalue weighted by Crippen LogP contribution is 2.38. The van der Waals surface area contributed by atoms with Crippen LogP contribution in [0, 0.1) is 11.3 Å². The molecule has 2 saturated heterocycles. The molecule has 0 spiro atoms. The van der Waals surface area contributed by atoms with E-state index in [0.29, 0.717) is 28.5 Å².